The second kappa shape index (κ2) is 9.40. The summed E-state index contributed by atoms with van der Waals surface area (Å²) in [5.74, 6) is -0.236. The standard InChI is InChI=1S/C26H30N4O2/c1-19-16-24(20(2)30(19)17-21-6-4-3-5-7-21)25(31)18-28-12-14-29(15-13-28)23-10-8-22(9-11-23)26(27)32/h3-11,16H,12-15,17-18H2,1-2H3,(H2,27,32). The first-order valence-corrected chi connectivity index (χ1v) is 11.0. The molecule has 1 amide bonds. The number of nitrogens with two attached hydrogens (primary N) is 1. The number of aryl methyl sites for hydroxylation is 1. The largest absolute Gasteiger partial charge is 0.369 e. The zero-order valence-corrected chi connectivity index (χ0v) is 18.8. The van der Waals surface area contributed by atoms with Crippen molar-refractivity contribution in [3.05, 3.63) is 88.7 Å². The van der Waals surface area contributed by atoms with Crippen LogP contribution in [0.5, 0.6) is 0 Å². The highest BCUT2D eigenvalue weighted by atomic mass is 16.1. The van der Waals surface area contributed by atoms with Crippen molar-refractivity contribution in [2.24, 2.45) is 5.73 Å². The molecule has 0 radical (unpaired) electrons. The van der Waals surface area contributed by atoms with E-state index in [1.165, 1.54) is 5.56 Å². The molecule has 1 aromatic heterocycles. The molecule has 1 saturated heterocycles. The molecular weight excluding hydrogens is 400 g/mol. The Balaban J connectivity index is 1.36. The molecule has 2 heterocycles. The molecule has 0 atom stereocenters. The lowest BCUT2D eigenvalue weighted by atomic mass is 10.1. The molecule has 6 nitrogen and oxygen atoms in total. The summed E-state index contributed by atoms with van der Waals surface area (Å²) >= 11 is 0. The summed E-state index contributed by atoms with van der Waals surface area (Å²) in [5, 5.41) is 0. The summed E-state index contributed by atoms with van der Waals surface area (Å²) in [6, 6.07) is 19.7. The van der Waals surface area contributed by atoms with Crippen molar-refractivity contribution in [2.45, 2.75) is 20.4 Å². The maximum Gasteiger partial charge on any atom is 0.248 e. The first-order chi connectivity index (χ1) is 15.4. The fourth-order valence-corrected chi connectivity index (χ4v) is 4.38. The maximum absolute atomic E-state index is 13.1. The lowest BCUT2D eigenvalue weighted by Crippen LogP contribution is -2.48. The van der Waals surface area contributed by atoms with Crippen LogP contribution < -0.4 is 10.6 Å². The van der Waals surface area contributed by atoms with E-state index < -0.39 is 5.91 Å². The molecule has 0 aliphatic carbocycles. The molecule has 0 unspecified atom stereocenters. The SMILES string of the molecule is Cc1cc(C(=O)CN2CCN(c3ccc(C(N)=O)cc3)CC2)c(C)n1Cc1ccccc1. The topological polar surface area (TPSA) is 71.6 Å². The smallest absolute Gasteiger partial charge is 0.248 e. The summed E-state index contributed by atoms with van der Waals surface area (Å²) < 4.78 is 2.22. The number of amides is 1. The van der Waals surface area contributed by atoms with Crippen LogP contribution in [-0.2, 0) is 6.54 Å². The van der Waals surface area contributed by atoms with Gasteiger partial charge in [-0.2, -0.15) is 0 Å². The average Bonchev–Trinajstić information content (AvgIpc) is 3.09. The van der Waals surface area contributed by atoms with Gasteiger partial charge in [0.15, 0.2) is 5.78 Å². The van der Waals surface area contributed by atoms with Gasteiger partial charge in [-0.1, -0.05) is 30.3 Å². The Bertz CT molecular complexity index is 1090. The summed E-state index contributed by atoms with van der Waals surface area (Å²) in [4.78, 5) is 28.8. The Morgan fingerprint density at radius 3 is 2.19 bits per heavy atom. The van der Waals surface area contributed by atoms with Crippen molar-refractivity contribution in [1.29, 1.82) is 0 Å². The predicted molar refractivity (Wildman–Crippen MR) is 127 cm³/mol. The van der Waals surface area contributed by atoms with E-state index in [9.17, 15) is 9.59 Å². The van der Waals surface area contributed by atoms with Crippen LogP contribution in [0.2, 0.25) is 0 Å². The zero-order chi connectivity index (χ0) is 22.7. The molecule has 32 heavy (non-hydrogen) atoms. The molecule has 1 fully saturated rings. The molecule has 166 valence electrons. The summed E-state index contributed by atoms with van der Waals surface area (Å²) in [6.07, 6.45) is 0. The van der Waals surface area contributed by atoms with Gasteiger partial charge < -0.3 is 15.2 Å². The van der Waals surface area contributed by atoms with Crippen LogP contribution in [0.3, 0.4) is 0 Å². The summed E-state index contributed by atoms with van der Waals surface area (Å²) in [7, 11) is 0. The highest BCUT2D eigenvalue weighted by molar-refractivity contribution is 5.99. The number of hydrogen-bond acceptors (Lipinski definition) is 4. The Morgan fingerprint density at radius 1 is 0.906 bits per heavy atom. The number of Topliss-reactive ketones (excluding diaryl/α,β-unsaturated/α-hetero) is 1. The molecule has 6 heteroatoms. The number of hydrogen-bond donors (Lipinski definition) is 1. The van der Waals surface area contributed by atoms with Gasteiger partial charge in [-0.25, -0.2) is 0 Å². The van der Waals surface area contributed by atoms with Gasteiger partial charge in [0.05, 0.1) is 6.54 Å². The van der Waals surface area contributed by atoms with E-state index in [2.05, 4.69) is 33.4 Å². The van der Waals surface area contributed by atoms with Gasteiger partial charge in [-0.3, -0.25) is 14.5 Å². The molecule has 0 spiro atoms. The van der Waals surface area contributed by atoms with Gasteiger partial charge in [0.1, 0.15) is 0 Å². The molecule has 2 N–H and O–H groups in total. The number of primary amides is 1. The normalized spacial score (nSPS) is 14.5. The fourth-order valence-electron chi connectivity index (χ4n) is 4.38. The van der Waals surface area contributed by atoms with Crippen LogP contribution in [0.4, 0.5) is 5.69 Å². The van der Waals surface area contributed by atoms with Crippen LogP contribution in [0, 0.1) is 13.8 Å². The number of carbonyl (C=O) groups is 2. The van der Waals surface area contributed by atoms with E-state index in [1.807, 2.05) is 43.3 Å². The molecule has 3 aromatic rings. The van der Waals surface area contributed by atoms with Crippen molar-refractivity contribution >= 4 is 17.4 Å². The van der Waals surface area contributed by atoms with Crippen LogP contribution in [0.1, 0.15) is 37.7 Å². The Labute approximate surface area is 189 Å². The number of benzene rings is 2. The highest BCUT2D eigenvalue weighted by Crippen LogP contribution is 2.20. The second-order valence-corrected chi connectivity index (χ2v) is 8.45. The first-order valence-electron chi connectivity index (χ1n) is 11.0. The Morgan fingerprint density at radius 2 is 1.56 bits per heavy atom. The minimum atomic E-state index is -0.414. The quantitative estimate of drug-likeness (QED) is 0.584. The number of piperazine rings is 1. The molecule has 0 saturated carbocycles. The zero-order valence-electron chi connectivity index (χ0n) is 18.8. The van der Waals surface area contributed by atoms with E-state index in [0.717, 1.165) is 55.4 Å². The third-order valence-corrected chi connectivity index (χ3v) is 6.31. The first kappa shape index (κ1) is 21.8. The van der Waals surface area contributed by atoms with E-state index >= 15 is 0 Å². The number of ketones is 1. The molecule has 1 aliphatic rings. The highest BCUT2D eigenvalue weighted by Gasteiger charge is 2.22. The Kier molecular flexibility index (Phi) is 6.42. The lowest BCUT2D eigenvalue weighted by molar-refractivity contribution is 0.0925. The third kappa shape index (κ3) is 4.75. The fraction of sp³-hybridized carbons (Fsp3) is 0.308. The van der Waals surface area contributed by atoms with Gasteiger partial charge >= 0.3 is 0 Å². The minimum absolute atomic E-state index is 0.177. The average molecular weight is 431 g/mol. The number of rotatable bonds is 7. The van der Waals surface area contributed by atoms with Crippen LogP contribution in [0.15, 0.2) is 60.7 Å². The van der Waals surface area contributed by atoms with Gasteiger partial charge in [-0.05, 0) is 49.7 Å². The maximum atomic E-state index is 13.1. The van der Waals surface area contributed by atoms with Gasteiger partial charge in [0.25, 0.3) is 0 Å². The lowest BCUT2D eigenvalue weighted by Gasteiger charge is -2.35. The van der Waals surface area contributed by atoms with E-state index in [0.29, 0.717) is 12.1 Å². The summed E-state index contributed by atoms with van der Waals surface area (Å²) in [6.45, 7) is 8.65. The molecule has 4 rings (SSSR count). The van der Waals surface area contributed by atoms with Crippen LogP contribution >= 0.6 is 0 Å². The van der Waals surface area contributed by atoms with Crippen molar-refractivity contribution in [3.63, 3.8) is 0 Å². The molecule has 0 bridgehead atoms. The monoisotopic (exact) mass is 430 g/mol. The number of carbonyl (C=O) groups excluding carboxylic acids is 2. The van der Waals surface area contributed by atoms with Crippen molar-refractivity contribution < 1.29 is 9.59 Å². The molecule has 1 aliphatic heterocycles. The van der Waals surface area contributed by atoms with Gasteiger partial charge in [0.2, 0.25) is 5.91 Å². The van der Waals surface area contributed by atoms with Gasteiger partial charge in [-0.15, -0.1) is 0 Å². The Hall–Kier alpha value is -3.38. The van der Waals surface area contributed by atoms with Crippen molar-refractivity contribution in [3.8, 4) is 0 Å². The van der Waals surface area contributed by atoms with E-state index in [4.69, 9.17) is 5.73 Å². The molecule has 2 aromatic carbocycles. The minimum Gasteiger partial charge on any atom is -0.369 e. The van der Waals surface area contributed by atoms with Crippen molar-refractivity contribution in [1.82, 2.24) is 9.47 Å². The number of nitrogens with zero attached hydrogens (tertiary/aromatic N) is 3. The van der Waals surface area contributed by atoms with Crippen LogP contribution in [-0.4, -0.2) is 53.9 Å². The third-order valence-electron chi connectivity index (χ3n) is 6.31. The summed E-state index contributed by atoms with van der Waals surface area (Å²) in [5.41, 5.74) is 11.1. The van der Waals surface area contributed by atoms with Crippen molar-refractivity contribution in [2.75, 3.05) is 37.6 Å². The number of anilines is 1. The number of aromatic nitrogens is 1. The van der Waals surface area contributed by atoms with Crippen LogP contribution in [0.25, 0.3) is 0 Å². The van der Waals surface area contributed by atoms with E-state index in [1.54, 1.807) is 12.1 Å². The predicted octanol–water partition coefficient (Wildman–Crippen LogP) is 3.26. The molecular formula is C26H30N4O2. The van der Waals surface area contributed by atoms with Gasteiger partial charge in [0, 0.05) is 60.9 Å². The van der Waals surface area contributed by atoms with E-state index in [-0.39, 0.29) is 5.78 Å². The second-order valence-electron chi connectivity index (χ2n) is 8.45.